The molecule has 0 bridgehead atoms. The van der Waals surface area contributed by atoms with E-state index >= 15 is 0 Å². The highest BCUT2D eigenvalue weighted by Crippen LogP contribution is 2.32. The summed E-state index contributed by atoms with van der Waals surface area (Å²) in [7, 11) is 1.32. The summed E-state index contributed by atoms with van der Waals surface area (Å²) < 4.78 is 34.6. The molecule has 0 aliphatic carbocycles. The molecule has 0 saturated carbocycles. The summed E-state index contributed by atoms with van der Waals surface area (Å²) in [6.07, 6.45) is -0.130. The standard InChI is InChI=1S/C9H9Cl2FO3S/c1-5-4-7(12)9(13)6(8(5)10)2-3-16(11,14)15/h4,13H,2-3H2,1H3. The van der Waals surface area contributed by atoms with Gasteiger partial charge in [0.25, 0.3) is 0 Å². The molecule has 0 heterocycles. The molecule has 0 saturated heterocycles. The summed E-state index contributed by atoms with van der Waals surface area (Å²) in [6, 6.07) is 1.08. The monoisotopic (exact) mass is 286 g/mol. The zero-order valence-corrected chi connectivity index (χ0v) is 10.6. The summed E-state index contributed by atoms with van der Waals surface area (Å²) in [5, 5.41) is 9.55. The minimum absolute atomic E-state index is 0.0587. The van der Waals surface area contributed by atoms with Gasteiger partial charge >= 0.3 is 0 Å². The first-order valence-corrected chi connectivity index (χ1v) is 7.17. The maximum Gasteiger partial charge on any atom is 0.232 e. The molecule has 0 atom stereocenters. The molecule has 1 rings (SSSR count). The SMILES string of the molecule is Cc1cc(F)c(O)c(CCS(=O)(=O)Cl)c1Cl. The van der Waals surface area contributed by atoms with E-state index < -0.39 is 26.4 Å². The fraction of sp³-hybridized carbons (Fsp3) is 0.333. The second-order valence-corrected chi connectivity index (χ2v) is 6.58. The van der Waals surface area contributed by atoms with Gasteiger partial charge in [-0.1, -0.05) is 11.6 Å². The van der Waals surface area contributed by atoms with Crippen LogP contribution in [-0.4, -0.2) is 19.3 Å². The van der Waals surface area contributed by atoms with Gasteiger partial charge in [-0.3, -0.25) is 0 Å². The Morgan fingerprint density at radius 3 is 2.56 bits per heavy atom. The van der Waals surface area contributed by atoms with Gasteiger partial charge in [-0.15, -0.1) is 0 Å². The van der Waals surface area contributed by atoms with Crippen LogP contribution in [-0.2, 0) is 15.5 Å². The minimum Gasteiger partial charge on any atom is -0.505 e. The number of phenols is 1. The number of aromatic hydroxyl groups is 1. The largest absolute Gasteiger partial charge is 0.505 e. The van der Waals surface area contributed by atoms with Crippen molar-refractivity contribution in [2.24, 2.45) is 0 Å². The van der Waals surface area contributed by atoms with Crippen molar-refractivity contribution in [3.8, 4) is 5.75 Å². The van der Waals surface area contributed by atoms with Gasteiger partial charge in [-0.25, -0.2) is 12.8 Å². The highest BCUT2D eigenvalue weighted by molar-refractivity contribution is 8.13. The fourth-order valence-electron chi connectivity index (χ4n) is 1.26. The lowest BCUT2D eigenvalue weighted by atomic mass is 10.1. The van der Waals surface area contributed by atoms with Crippen LogP contribution in [0.5, 0.6) is 5.75 Å². The van der Waals surface area contributed by atoms with Crippen molar-refractivity contribution in [1.29, 1.82) is 0 Å². The number of halogens is 3. The van der Waals surface area contributed by atoms with E-state index in [2.05, 4.69) is 0 Å². The summed E-state index contributed by atoms with van der Waals surface area (Å²) in [5.41, 5.74) is 0.488. The van der Waals surface area contributed by atoms with Crippen molar-refractivity contribution < 1.29 is 17.9 Å². The lowest BCUT2D eigenvalue weighted by Crippen LogP contribution is -2.03. The molecule has 1 aromatic rings. The fourth-order valence-corrected chi connectivity index (χ4v) is 2.18. The van der Waals surface area contributed by atoms with Crippen LogP contribution in [0, 0.1) is 12.7 Å². The van der Waals surface area contributed by atoms with Crippen molar-refractivity contribution in [3.05, 3.63) is 28.0 Å². The Morgan fingerprint density at radius 2 is 2.06 bits per heavy atom. The van der Waals surface area contributed by atoms with Crippen LogP contribution in [0.3, 0.4) is 0 Å². The van der Waals surface area contributed by atoms with Gasteiger partial charge in [0.15, 0.2) is 11.6 Å². The van der Waals surface area contributed by atoms with Gasteiger partial charge in [-0.2, -0.15) is 0 Å². The summed E-state index contributed by atoms with van der Waals surface area (Å²) in [5.74, 6) is -1.87. The smallest absolute Gasteiger partial charge is 0.232 e. The Labute approximate surface area is 102 Å². The van der Waals surface area contributed by atoms with Crippen LogP contribution in [0.4, 0.5) is 4.39 Å². The maximum atomic E-state index is 13.1. The molecule has 0 fully saturated rings. The molecule has 7 heteroatoms. The average molecular weight is 287 g/mol. The lowest BCUT2D eigenvalue weighted by molar-refractivity contribution is 0.426. The van der Waals surface area contributed by atoms with Gasteiger partial charge in [0.1, 0.15) is 0 Å². The third kappa shape index (κ3) is 3.23. The molecule has 1 N–H and O–H groups in total. The van der Waals surface area contributed by atoms with Crippen molar-refractivity contribution in [3.63, 3.8) is 0 Å². The number of aryl methyl sites for hydroxylation is 1. The zero-order chi connectivity index (χ0) is 12.5. The molecule has 90 valence electrons. The Morgan fingerprint density at radius 1 is 1.50 bits per heavy atom. The van der Waals surface area contributed by atoms with Crippen molar-refractivity contribution in [2.75, 3.05) is 5.75 Å². The first kappa shape index (κ1) is 13.5. The van der Waals surface area contributed by atoms with Crippen molar-refractivity contribution in [2.45, 2.75) is 13.3 Å². The van der Waals surface area contributed by atoms with Gasteiger partial charge in [-0.05, 0) is 25.0 Å². The molecule has 0 amide bonds. The van der Waals surface area contributed by atoms with E-state index in [1.54, 1.807) is 6.92 Å². The Kier molecular flexibility index (Phi) is 4.04. The third-order valence-electron chi connectivity index (χ3n) is 2.06. The van der Waals surface area contributed by atoms with Crippen LogP contribution in [0.2, 0.25) is 5.02 Å². The van der Waals surface area contributed by atoms with E-state index in [1.165, 1.54) is 0 Å². The molecular formula is C9H9Cl2FO3S. The molecule has 16 heavy (non-hydrogen) atoms. The molecule has 0 spiro atoms. The van der Waals surface area contributed by atoms with E-state index in [-0.39, 0.29) is 17.0 Å². The molecule has 0 radical (unpaired) electrons. The molecule has 3 nitrogen and oxygen atoms in total. The normalized spacial score (nSPS) is 11.8. The van der Waals surface area contributed by atoms with E-state index in [0.717, 1.165) is 6.07 Å². The van der Waals surface area contributed by atoms with E-state index in [4.69, 9.17) is 22.3 Å². The molecule has 0 aliphatic rings. The number of hydrogen-bond acceptors (Lipinski definition) is 3. The summed E-state index contributed by atoms with van der Waals surface area (Å²) in [6.45, 7) is 1.56. The minimum atomic E-state index is -3.70. The molecule has 0 unspecified atom stereocenters. The number of hydrogen-bond donors (Lipinski definition) is 1. The molecular weight excluding hydrogens is 278 g/mol. The van der Waals surface area contributed by atoms with Crippen molar-refractivity contribution >= 4 is 31.3 Å². The van der Waals surface area contributed by atoms with E-state index in [1.807, 2.05) is 0 Å². The number of rotatable bonds is 3. The van der Waals surface area contributed by atoms with Gasteiger partial charge in [0, 0.05) is 16.2 Å². The van der Waals surface area contributed by atoms with Gasteiger partial charge in [0.05, 0.1) is 10.8 Å². The summed E-state index contributed by atoms with van der Waals surface area (Å²) in [4.78, 5) is 0. The Hall–Kier alpha value is -0.520. The predicted molar refractivity (Wildman–Crippen MR) is 61.2 cm³/mol. The number of benzene rings is 1. The predicted octanol–water partition coefficient (Wildman–Crippen LogP) is 2.60. The lowest BCUT2D eigenvalue weighted by Gasteiger charge is -2.09. The highest BCUT2D eigenvalue weighted by Gasteiger charge is 2.16. The van der Waals surface area contributed by atoms with Gasteiger partial charge in [0.2, 0.25) is 9.05 Å². The van der Waals surface area contributed by atoms with E-state index in [0.29, 0.717) is 5.56 Å². The molecule has 0 aliphatic heterocycles. The van der Waals surface area contributed by atoms with Crippen LogP contribution in [0.1, 0.15) is 11.1 Å². The average Bonchev–Trinajstić information content (AvgIpc) is 2.13. The second-order valence-electron chi connectivity index (χ2n) is 3.31. The first-order chi connectivity index (χ1) is 7.22. The maximum absolute atomic E-state index is 13.1. The van der Waals surface area contributed by atoms with Crippen LogP contribution < -0.4 is 0 Å². The summed E-state index contributed by atoms with van der Waals surface area (Å²) >= 11 is 5.83. The highest BCUT2D eigenvalue weighted by atomic mass is 35.7. The van der Waals surface area contributed by atoms with Crippen LogP contribution in [0.15, 0.2) is 6.07 Å². The number of phenolic OH excluding ortho intramolecular Hbond substituents is 1. The second kappa shape index (κ2) is 4.77. The van der Waals surface area contributed by atoms with Crippen LogP contribution in [0.25, 0.3) is 0 Å². The molecule has 1 aromatic carbocycles. The van der Waals surface area contributed by atoms with Crippen molar-refractivity contribution in [1.82, 2.24) is 0 Å². The Balaban J connectivity index is 3.13. The van der Waals surface area contributed by atoms with Gasteiger partial charge < -0.3 is 5.11 Å². The Bertz CT molecular complexity index is 488. The molecule has 0 aromatic heterocycles. The third-order valence-corrected chi connectivity index (χ3v) is 3.74. The van der Waals surface area contributed by atoms with E-state index in [9.17, 15) is 17.9 Å². The topological polar surface area (TPSA) is 54.4 Å². The first-order valence-electron chi connectivity index (χ1n) is 4.31. The zero-order valence-electron chi connectivity index (χ0n) is 8.30. The quantitative estimate of drug-likeness (QED) is 0.869. The van der Waals surface area contributed by atoms with Crippen LogP contribution >= 0.6 is 22.3 Å².